The average Bonchev–Trinajstić information content (AvgIpc) is 3.21. The molecule has 4 aromatic rings. The van der Waals surface area contributed by atoms with Crippen molar-refractivity contribution in [2.45, 2.75) is 18.6 Å². The minimum Gasteiger partial charge on any atom is -0.351 e. The number of thioether (sulfide) groups is 1. The van der Waals surface area contributed by atoms with Crippen LogP contribution in [0.25, 0.3) is 15.9 Å². The van der Waals surface area contributed by atoms with Crippen molar-refractivity contribution in [3.05, 3.63) is 87.3 Å². The molecular weight excluding hydrogens is 421 g/mol. The molecule has 0 bridgehead atoms. The van der Waals surface area contributed by atoms with Gasteiger partial charge in [-0.2, -0.15) is 0 Å². The van der Waals surface area contributed by atoms with E-state index in [0.717, 1.165) is 5.56 Å². The molecule has 152 valence electrons. The lowest BCUT2D eigenvalue weighted by molar-refractivity contribution is -0.118. The molecule has 1 amide bonds. The zero-order valence-electron chi connectivity index (χ0n) is 16.1. The molecule has 2 aromatic heterocycles. The van der Waals surface area contributed by atoms with E-state index in [1.807, 2.05) is 35.7 Å². The van der Waals surface area contributed by atoms with Crippen LogP contribution in [0.1, 0.15) is 11.1 Å². The number of aromatic nitrogens is 2. The number of amides is 1. The Kier molecular flexibility index (Phi) is 5.96. The summed E-state index contributed by atoms with van der Waals surface area (Å²) in [5.41, 5.74) is 2.54. The number of benzene rings is 2. The van der Waals surface area contributed by atoms with Gasteiger partial charge in [0.15, 0.2) is 5.16 Å². The maximum Gasteiger partial charge on any atom is 0.276 e. The van der Waals surface area contributed by atoms with E-state index in [2.05, 4.69) is 10.3 Å². The molecule has 8 heteroatoms. The van der Waals surface area contributed by atoms with Crippen molar-refractivity contribution in [2.24, 2.45) is 0 Å². The number of thiophene rings is 1. The molecule has 0 unspecified atom stereocenters. The fourth-order valence-corrected chi connectivity index (χ4v) is 4.64. The summed E-state index contributed by atoms with van der Waals surface area (Å²) in [6, 6.07) is 15.7. The molecular formula is C22H18FN3O2S2. The lowest BCUT2D eigenvalue weighted by Crippen LogP contribution is -2.26. The molecule has 1 N–H and O–H groups in total. The van der Waals surface area contributed by atoms with Crippen molar-refractivity contribution in [1.29, 1.82) is 0 Å². The monoisotopic (exact) mass is 439 g/mol. The molecule has 0 radical (unpaired) electrons. The molecule has 0 aliphatic heterocycles. The number of aryl methyl sites for hydroxylation is 1. The van der Waals surface area contributed by atoms with Gasteiger partial charge >= 0.3 is 0 Å². The number of nitrogens with zero attached hydrogens (tertiary/aromatic N) is 2. The fraction of sp³-hybridized carbons (Fsp3) is 0.136. The van der Waals surface area contributed by atoms with Crippen LogP contribution in [0.15, 0.2) is 69.9 Å². The zero-order chi connectivity index (χ0) is 21.1. The van der Waals surface area contributed by atoms with Gasteiger partial charge in [0.05, 0.1) is 17.0 Å². The van der Waals surface area contributed by atoms with Gasteiger partial charge in [0.2, 0.25) is 5.91 Å². The lowest BCUT2D eigenvalue weighted by atomic mass is 10.2. The Morgan fingerprint density at radius 1 is 1.20 bits per heavy atom. The van der Waals surface area contributed by atoms with Gasteiger partial charge in [-0.1, -0.05) is 42.1 Å². The van der Waals surface area contributed by atoms with Crippen molar-refractivity contribution >= 4 is 39.2 Å². The molecule has 0 saturated heterocycles. The van der Waals surface area contributed by atoms with E-state index < -0.39 is 0 Å². The number of fused-ring (bicyclic) bond motifs is 1. The van der Waals surface area contributed by atoms with Crippen LogP contribution in [0.4, 0.5) is 4.39 Å². The number of nitrogens with one attached hydrogen (secondary N) is 1. The van der Waals surface area contributed by atoms with Crippen LogP contribution in [0.3, 0.4) is 0 Å². The first-order valence-corrected chi connectivity index (χ1v) is 11.1. The van der Waals surface area contributed by atoms with Gasteiger partial charge in [-0.15, -0.1) is 11.3 Å². The Morgan fingerprint density at radius 2 is 2.00 bits per heavy atom. The van der Waals surface area contributed by atoms with E-state index in [1.165, 1.54) is 39.8 Å². The highest BCUT2D eigenvalue weighted by Crippen LogP contribution is 2.25. The van der Waals surface area contributed by atoms with Gasteiger partial charge in [0, 0.05) is 6.54 Å². The minimum atomic E-state index is -0.371. The second kappa shape index (κ2) is 8.81. The average molecular weight is 440 g/mol. The molecule has 4 rings (SSSR count). The first kappa shape index (κ1) is 20.3. The van der Waals surface area contributed by atoms with E-state index in [9.17, 15) is 14.0 Å². The maximum atomic E-state index is 13.6. The second-order valence-electron chi connectivity index (χ2n) is 6.65. The topological polar surface area (TPSA) is 64.0 Å². The van der Waals surface area contributed by atoms with E-state index >= 15 is 0 Å². The van der Waals surface area contributed by atoms with Crippen LogP contribution in [-0.4, -0.2) is 21.2 Å². The predicted octanol–water partition coefficient (Wildman–Crippen LogP) is 4.30. The Labute approximate surface area is 180 Å². The van der Waals surface area contributed by atoms with Crippen molar-refractivity contribution in [3.8, 4) is 5.69 Å². The van der Waals surface area contributed by atoms with E-state index in [4.69, 9.17) is 0 Å². The van der Waals surface area contributed by atoms with Gasteiger partial charge in [-0.3, -0.25) is 14.2 Å². The Morgan fingerprint density at radius 3 is 2.77 bits per heavy atom. The first-order chi connectivity index (χ1) is 14.5. The number of halogens is 1. The summed E-state index contributed by atoms with van der Waals surface area (Å²) in [6.45, 7) is 2.17. The molecule has 2 heterocycles. The van der Waals surface area contributed by atoms with Crippen LogP contribution in [0, 0.1) is 12.7 Å². The molecule has 30 heavy (non-hydrogen) atoms. The summed E-state index contributed by atoms with van der Waals surface area (Å²) in [6.07, 6.45) is 0. The third kappa shape index (κ3) is 4.29. The van der Waals surface area contributed by atoms with Crippen LogP contribution in [0.5, 0.6) is 0 Å². The molecule has 0 aliphatic carbocycles. The zero-order valence-corrected chi connectivity index (χ0v) is 17.7. The molecule has 0 spiro atoms. The van der Waals surface area contributed by atoms with Gasteiger partial charge in [-0.05, 0) is 47.7 Å². The smallest absolute Gasteiger partial charge is 0.276 e. The van der Waals surface area contributed by atoms with Crippen molar-refractivity contribution in [3.63, 3.8) is 0 Å². The lowest BCUT2D eigenvalue weighted by Gasteiger charge is -2.14. The third-order valence-corrected chi connectivity index (χ3v) is 6.34. The molecule has 0 atom stereocenters. The number of carbonyl (C=O) groups excluding carboxylic acids is 1. The normalized spacial score (nSPS) is 11.0. The third-order valence-electron chi connectivity index (χ3n) is 4.51. The number of hydrogen-bond donors (Lipinski definition) is 1. The number of hydrogen-bond acceptors (Lipinski definition) is 5. The highest BCUT2D eigenvalue weighted by Gasteiger charge is 2.17. The molecule has 0 fully saturated rings. The van der Waals surface area contributed by atoms with Crippen LogP contribution in [0.2, 0.25) is 0 Å². The van der Waals surface area contributed by atoms with E-state index in [1.54, 1.807) is 19.1 Å². The van der Waals surface area contributed by atoms with Crippen molar-refractivity contribution in [2.75, 3.05) is 5.75 Å². The second-order valence-corrected chi connectivity index (χ2v) is 8.51. The molecule has 0 aliphatic rings. The summed E-state index contributed by atoms with van der Waals surface area (Å²) >= 11 is 2.49. The standard InChI is InChI=1S/C22H18FN3O2S2/c1-14-11-16(23)7-8-18(14)26-21(28)20-17(9-10-29-20)25-22(26)30-13-19(27)24-12-15-5-3-2-4-6-15/h2-11H,12-13H2,1H3,(H,24,27). The van der Waals surface area contributed by atoms with Crippen LogP contribution < -0.4 is 10.9 Å². The highest BCUT2D eigenvalue weighted by atomic mass is 32.2. The number of carbonyl (C=O) groups is 1. The molecule has 2 aromatic carbocycles. The summed E-state index contributed by atoms with van der Waals surface area (Å²) in [7, 11) is 0. The summed E-state index contributed by atoms with van der Waals surface area (Å²) in [4.78, 5) is 30.1. The van der Waals surface area contributed by atoms with Crippen molar-refractivity contribution < 1.29 is 9.18 Å². The number of rotatable bonds is 6. The van der Waals surface area contributed by atoms with Gasteiger partial charge in [0.1, 0.15) is 10.5 Å². The Hall–Kier alpha value is -2.97. The van der Waals surface area contributed by atoms with Gasteiger partial charge in [0.25, 0.3) is 5.56 Å². The first-order valence-electron chi connectivity index (χ1n) is 9.23. The predicted molar refractivity (Wildman–Crippen MR) is 119 cm³/mol. The van der Waals surface area contributed by atoms with Crippen molar-refractivity contribution in [1.82, 2.24) is 14.9 Å². The largest absolute Gasteiger partial charge is 0.351 e. The van der Waals surface area contributed by atoms with Crippen LogP contribution >= 0.6 is 23.1 Å². The quantitative estimate of drug-likeness (QED) is 0.359. The Bertz CT molecular complexity index is 1270. The fourth-order valence-electron chi connectivity index (χ4n) is 3.05. The highest BCUT2D eigenvalue weighted by molar-refractivity contribution is 7.99. The Balaban J connectivity index is 1.61. The van der Waals surface area contributed by atoms with Gasteiger partial charge in [-0.25, -0.2) is 9.37 Å². The van der Waals surface area contributed by atoms with E-state index in [-0.39, 0.29) is 23.0 Å². The summed E-state index contributed by atoms with van der Waals surface area (Å²) < 4.78 is 15.6. The van der Waals surface area contributed by atoms with E-state index in [0.29, 0.717) is 33.2 Å². The van der Waals surface area contributed by atoms with Crippen LogP contribution in [-0.2, 0) is 11.3 Å². The SMILES string of the molecule is Cc1cc(F)ccc1-n1c(SCC(=O)NCc2ccccc2)nc2ccsc2c1=O. The minimum absolute atomic E-state index is 0.106. The summed E-state index contributed by atoms with van der Waals surface area (Å²) in [5, 5.41) is 5.08. The molecule has 0 saturated carbocycles. The molecule has 5 nitrogen and oxygen atoms in total. The summed E-state index contributed by atoms with van der Waals surface area (Å²) in [5.74, 6) is -0.426. The van der Waals surface area contributed by atoms with Gasteiger partial charge < -0.3 is 5.32 Å². The maximum absolute atomic E-state index is 13.6.